The molecule has 1 aromatic rings. The fourth-order valence-electron chi connectivity index (χ4n) is 1.57. The summed E-state index contributed by atoms with van der Waals surface area (Å²) in [6.07, 6.45) is 0. The molecular weight excluding hydrogens is 208 g/mol. The highest BCUT2D eigenvalue weighted by molar-refractivity contribution is 6.21. The topological polar surface area (TPSA) is 102 Å². The van der Waals surface area contributed by atoms with Gasteiger partial charge in [0.1, 0.15) is 0 Å². The molecule has 1 aliphatic heterocycles. The van der Waals surface area contributed by atoms with E-state index in [2.05, 4.69) is 4.99 Å². The first kappa shape index (κ1) is 10.2. The number of aliphatic imine (C=N–C) groups is 1. The Kier molecular flexibility index (Phi) is 2.12. The lowest BCUT2D eigenvalue weighted by Gasteiger charge is -2.02. The second kappa shape index (κ2) is 3.34. The zero-order valence-electron chi connectivity index (χ0n) is 8.60. The van der Waals surface area contributed by atoms with Gasteiger partial charge in [-0.25, -0.2) is 4.99 Å². The normalized spacial score (nSPS) is 13.9. The highest BCUT2D eigenvalue weighted by atomic mass is 16.2. The number of fused-ring (bicyclic) bond motifs is 1. The van der Waals surface area contributed by atoms with Crippen LogP contribution < -0.4 is 11.5 Å². The lowest BCUT2D eigenvalue weighted by molar-refractivity contribution is 0.0693. The number of guanidine groups is 1. The maximum atomic E-state index is 11.6. The molecule has 0 saturated carbocycles. The second-order valence-electron chi connectivity index (χ2n) is 3.44. The van der Waals surface area contributed by atoms with Gasteiger partial charge >= 0.3 is 0 Å². The lowest BCUT2D eigenvalue weighted by atomic mass is 10.1. The van der Waals surface area contributed by atoms with Crippen molar-refractivity contribution in [2.75, 3.05) is 7.05 Å². The van der Waals surface area contributed by atoms with E-state index in [4.69, 9.17) is 11.5 Å². The van der Waals surface area contributed by atoms with E-state index >= 15 is 0 Å². The molecular formula is C10H10N4O2. The predicted molar refractivity (Wildman–Crippen MR) is 58.3 cm³/mol. The van der Waals surface area contributed by atoms with E-state index in [9.17, 15) is 9.59 Å². The molecule has 0 unspecified atom stereocenters. The standard InChI is InChI=1S/C10H10N4O2/c1-14-8(15)6-3-2-5(13-10(11)12)4-7(6)9(14)16/h2-4H,1H3,(H4,11,12,13). The molecule has 82 valence electrons. The van der Waals surface area contributed by atoms with Gasteiger partial charge in [0.15, 0.2) is 5.96 Å². The fourth-order valence-corrected chi connectivity index (χ4v) is 1.57. The molecule has 0 bridgehead atoms. The molecule has 1 aliphatic rings. The largest absolute Gasteiger partial charge is 0.370 e. The van der Waals surface area contributed by atoms with Crippen molar-refractivity contribution in [3.63, 3.8) is 0 Å². The summed E-state index contributed by atoms with van der Waals surface area (Å²) in [6, 6.07) is 4.63. The van der Waals surface area contributed by atoms with Crippen LogP contribution in [0.2, 0.25) is 0 Å². The Morgan fingerprint density at radius 1 is 1.19 bits per heavy atom. The third kappa shape index (κ3) is 1.40. The van der Waals surface area contributed by atoms with E-state index < -0.39 is 0 Å². The van der Waals surface area contributed by atoms with Crippen LogP contribution in [0.25, 0.3) is 0 Å². The van der Waals surface area contributed by atoms with Crippen LogP contribution in [-0.4, -0.2) is 29.7 Å². The second-order valence-corrected chi connectivity index (χ2v) is 3.44. The average Bonchev–Trinajstić information content (AvgIpc) is 2.43. The van der Waals surface area contributed by atoms with Crippen molar-refractivity contribution < 1.29 is 9.59 Å². The Morgan fingerprint density at radius 3 is 2.44 bits per heavy atom. The van der Waals surface area contributed by atoms with Gasteiger partial charge in [-0.1, -0.05) is 0 Å². The molecule has 0 spiro atoms. The van der Waals surface area contributed by atoms with E-state index in [1.165, 1.54) is 13.1 Å². The first-order valence-electron chi connectivity index (χ1n) is 4.57. The van der Waals surface area contributed by atoms with Gasteiger partial charge in [0.05, 0.1) is 16.8 Å². The highest BCUT2D eigenvalue weighted by Gasteiger charge is 2.32. The molecule has 16 heavy (non-hydrogen) atoms. The number of hydrogen-bond donors (Lipinski definition) is 2. The summed E-state index contributed by atoms with van der Waals surface area (Å²) in [5.74, 6) is -0.742. The minimum atomic E-state index is -0.340. The third-order valence-corrected chi connectivity index (χ3v) is 2.33. The molecule has 1 heterocycles. The molecule has 0 saturated heterocycles. The van der Waals surface area contributed by atoms with Crippen molar-refractivity contribution in [3.8, 4) is 0 Å². The Balaban J connectivity index is 2.54. The molecule has 0 radical (unpaired) electrons. The monoisotopic (exact) mass is 218 g/mol. The van der Waals surface area contributed by atoms with Crippen molar-refractivity contribution >= 4 is 23.5 Å². The molecule has 0 aromatic heterocycles. The van der Waals surface area contributed by atoms with Gasteiger partial charge in [0.2, 0.25) is 0 Å². The predicted octanol–water partition coefficient (Wildman–Crippen LogP) is -0.183. The number of nitrogens with zero attached hydrogens (tertiary/aromatic N) is 2. The summed E-state index contributed by atoms with van der Waals surface area (Å²) >= 11 is 0. The van der Waals surface area contributed by atoms with Crippen LogP contribution in [0, 0.1) is 0 Å². The van der Waals surface area contributed by atoms with E-state index in [0.29, 0.717) is 16.8 Å². The number of carbonyl (C=O) groups is 2. The fraction of sp³-hybridized carbons (Fsp3) is 0.100. The minimum Gasteiger partial charge on any atom is -0.370 e. The van der Waals surface area contributed by atoms with Crippen LogP contribution in [0.15, 0.2) is 23.2 Å². The summed E-state index contributed by atoms with van der Waals surface area (Å²) in [4.78, 5) is 28.1. The van der Waals surface area contributed by atoms with Crippen LogP contribution in [0.4, 0.5) is 5.69 Å². The smallest absolute Gasteiger partial charge is 0.261 e. The summed E-state index contributed by atoms with van der Waals surface area (Å²) in [5, 5.41) is 0. The minimum absolute atomic E-state index is 0.0925. The quantitative estimate of drug-likeness (QED) is 0.387. The summed E-state index contributed by atoms with van der Waals surface area (Å²) in [5.41, 5.74) is 11.6. The van der Waals surface area contributed by atoms with Crippen LogP contribution in [-0.2, 0) is 0 Å². The maximum Gasteiger partial charge on any atom is 0.261 e. The van der Waals surface area contributed by atoms with Crippen LogP contribution in [0.5, 0.6) is 0 Å². The van der Waals surface area contributed by atoms with Crippen LogP contribution in [0.3, 0.4) is 0 Å². The van der Waals surface area contributed by atoms with E-state index in [0.717, 1.165) is 4.90 Å². The van der Waals surface area contributed by atoms with Gasteiger partial charge in [-0.15, -0.1) is 0 Å². The van der Waals surface area contributed by atoms with Crippen LogP contribution >= 0.6 is 0 Å². The molecule has 0 atom stereocenters. The number of rotatable bonds is 1. The number of amides is 2. The number of imide groups is 1. The van der Waals surface area contributed by atoms with Crippen molar-refractivity contribution in [1.82, 2.24) is 4.90 Å². The molecule has 2 amide bonds. The highest BCUT2D eigenvalue weighted by Crippen LogP contribution is 2.25. The molecule has 1 aromatic carbocycles. The number of carbonyl (C=O) groups excluding carboxylic acids is 2. The number of hydrogen-bond acceptors (Lipinski definition) is 3. The average molecular weight is 218 g/mol. The van der Waals surface area contributed by atoms with Crippen molar-refractivity contribution in [2.24, 2.45) is 16.5 Å². The maximum absolute atomic E-state index is 11.6. The van der Waals surface area contributed by atoms with Gasteiger partial charge in [-0.05, 0) is 18.2 Å². The Bertz CT molecular complexity index is 518. The number of benzene rings is 1. The van der Waals surface area contributed by atoms with Crippen LogP contribution in [0.1, 0.15) is 20.7 Å². The van der Waals surface area contributed by atoms with Gasteiger partial charge in [-0.3, -0.25) is 14.5 Å². The van der Waals surface area contributed by atoms with E-state index in [1.54, 1.807) is 12.1 Å². The summed E-state index contributed by atoms with van der Waals surface area (Å²) in [7, 11) is 1.44. The van der Waals surface area contributed by atoms with Crippen molar-refractivity contribution in [1.29, 1.82) is 0 Å². The Morgan fingerprint density at radius 2 is 1.81 bits per heavy atom. The molecule has 4 N–H and O–H groups in total. The number of nitrogens with two attached hydrogens (primary N) is 2. The molecule has 6 heteroatoms. The zero-order valence-corrected chi connectivity index (χ0v) is 8.60. The summed E-state index contributed by atoms with van der Waals surface area (Å²) in [6.45, 7) is 0. The van der Waals surface area contributed by atoms with Crippen molar-refractivity contribution in [2.45, 2.75) is 0 Å². The zero-order chi connectivity index (χ0) is 11.9. The van der Waals surface area contributed by atoms with E-state index in [-0.39, 0.29) is 17.8 Å². The lowest BCUT2D eigenvalue weighted by Crippen LogP contribution is -2.24. The van der Waals surface area contributed by atoms with Gasteiger partial charge in [0, 0.05) is 7.05 Å². The first-order valence-corrected chi connectivity index (χ1v) is 4.57. The molecule has 2 rings (SSSR count). The summed E-state index contributed by atoms with van der Waals surface area (Å²) < 4.78 is 0. The molecule has 6 nitrogen and oxygen atoms in total. The van der Waals surface area contributed by atoms with Gasteiger partial charge in [0.25, 0.3) is 11.8 Å². The Hall–Kier alpha value is -2.37. The van der Waals surface area contributed by atoms with Gasteiger partial charge in [-0.2, -0.15) is 0 Å². The first-order chi connectivity index (χ1) is 7.50. The van der Waals surface area contributed by atoms with Gasteiger partial charge < -0.3 is 11.5 Å². The Labute approximate surface area is 91.5 Å². The third-order valence-electron chi connectivity index (χ3n) is 2.33. The van der Waals surface area contributed by atoms with E-state index in [1.807, 2.05) is 0 Å². The van der Waals surface area contributed by atoms with Crippen molar-refractivity contribution in [3.05, 3.63) is 29.3 Å². The SMILES string of the molecule is CN1C(=O)c2ccc(N=C(N)N)cc2C1=O. The molecule has 0 fully saturated rings. The molecule has 0 aliphatic carbocycles.